The Hall–Kier alpha value is -1.91. The van der Waals surface area contributed by atoms with Gasteiger partial charge in [0.05, 0.1) is 5.39 Å². The second kappa shape index (κ2) is 3.84. The van der Waals surface area contributed by atoms with Crippen molar-refractivity contribution in [2.75, 3.05) is 18.0 Å². The van der Waals surface area contributed by atoms with E-state index in [9.17, 15) is 9.18 Å². The van der Waals surface area contributed by atoms with Crippen LogP contribution >= 0.6 is 0 Å². The number of hydrogen-bond donors (Lipinski definition) is 1. The maximum atomic E-state index is 13.9. The van der Waals surface area contributed by atoms with Crippen molar-refractivity contribution in [1.29, 1.82) is 0 Å². The number of nitrogens with zero attached hydrogens (tertiary/aromatic N) is 2. The molecule has 1 aliphatic heterocycles. The van der Waals surface area contributed by atoms with Gasteiger partial charge in [0.2, 0.25) is 0 Å². The molecule has 0 spiro atoms. The van der Waals surface area contributed by atoms with Crippen LogP contribution in [0.3, 0.4) is 0 Å². The van der Waals surface area contributed by atoms with Gasteiger partial charge >= 0.3 is 0 Å². The fourth-order valence-electron chi connectivity index (χ4n) is 2.21. The van der Waals surface area contributed by atoms with E-state index in [0.29, 0.717) is 16.9 Å². The summed E-state index contributed by atoms with van der Waals surface area (Å²) in [6.45, 7) is 1.65. The van der Waals surface area contributed by atoms with Gasteiger partial charge in [0.25, 0.3) is 0 Å². The first-order valence-electron chi connectivity index (χ1n) is 5.68. The van der Waals surface area contributed by atoms with E-state index in [4.69, 9.17) is 0 Å². The summed E-state index contributed by atoms with van der Waals surface area (Å²) in [4.78, 5) is 20.5. The molecule has 0 amide bonds. The number of fused-ring (bicyclic) bond motifs is 1. The maximum Gasteiger partial charge on any atom is 0.191 e. The zero-order valence-electron chi connectivity index (χ0n) is 9.24. The van der Waals surface area contributed by atoms with Crippen molar-refractivity contribution in [2.24, 2.45) is 0 Å². The minimum absolute atomic E-state index is 0.210. The van der Waals surface area contributed by atoms with Crippen molar-refractivity contribution < 1.29 is 4.39 Å². The first-order chi connectivity index (χ1) is 8.25. The number of aromatic amines is 1. The average molecular weight is 233 g/mol. The lowest BCUT2D eigenvalue weighted by Crippen LogP contribution is -2.21. The second-order valence-corrected chi connectivity index (χ2v) is 4.23. The summed E-state index contributed by atoms with van der Waals surface area (Å²) in [5.41, 5.74) is 0.235. The minimum Gasteiger partial charge on any atom is -0.354 e. The predicted octanol–water partition coefficient (Wildman–Crippen LogP) is 1.66. The monoisotopic (exact) mass is 233 g/mol. The largest absolute Gasteiger partial charge is 0.354 e. The Labute approximate surface area is 97.1 Å². The molecule has 5 heteroatoms. The molecular formula is C12H12FN3O. The minimum atomic E-state index is -0.420. The van der Waals surface area contributed by atoms with Gasteiger partial charge in [0.1, 0.15) is 5.65 Å². The summed E-state index contributed by atoms with van der Waals surface area (Å²) in [5, 5.41) is 0.299. The number of nitrogens with one attached hydrogen (secondary N) is 1. The van der Waals surface area contributed by atoms with Gasteiger partial charge in [-0.2, -0.15) is 0 Å². The highest BCUT2D eigenvalue weighted by Crippen LogP contribution is 2.23. The van der Waals surface area contributed by atoms with Gasteiger partial charge in [0.15, 0.2) is 17.1 Å². The lowest BCUT2D eigenvalue weighted by Gasteiger charge is -2.17. The molecule has 17 heavy (non-hydrogen) atoms. The van der Waals surface area contributed by atoms with Gasteiger partial charge in [0, 0.05) is 25.4 Å². The smallest absolute Gasteiger partial charge is 0.191 e. The van der Waals surface area contributed by atoms with Crippen LogP contribution in [0.5, 0.6) is 0 Å². The highest BCUT2D eigenvalue weighted by atomic mass is 19.1. The standard InChI is InChI=1S/C12H12FN3O/c13-9-7-8-10(17)3-4-14-11(8)15-12(9)16-5-1-2-6-16/h3-4,7H,1-2,5-6H2,(H,14,15,17). The van der Waals surface area contributed by atoms with Crippen LogP contribution in [-0.2, 0) is 0 Å². The molecule has 0 saturated carbocycles. The first kappa shape index (κ1) is 10.3. The van der Waals surface area contributed by atoms with Crippen LogP contribution in [0, 0.1) is 5.82 Å². The molecule has 0 atom stereocenters. The average Bonchev–Trinajstić information content (AvgIpc) is 2.83. The molecule has 1 fully saturated rings. The number of anilines is 1. The van der Waals surface area contributed by atoms with Crippen molar-refractivity contribution in [2.45, 2.75) is 12.8 Å². The van der Waals surface area contributed by atoms with Crippen molar-refractivity contribution in [3.05, 3.63) is 34.4 Å². The summed E-state index contributed by atoms with van der Waals surface area (Å²) in [6, 6.07) is 2.65. The highest BCUT2D eigenvalue weighted by molar-refractivity contribution is 5.76. The Morgan fingerprint density at radius 2 is 2.12 bits per heavy atom. The van der Waals surface area contributed by atoms with E-state index in [1.807, 2.05) is 4.90 Å². The van der Waals surface area contributed by atoms with Crippen molar-refractivity contribution in [3.8, 4) is 0 Å². The number of H-pyrrole nitrogens is 1. The summed E-state index contributed by atoms with van der Waals surface area (Å²) in [7, 11) is 0. The molecule has 4 nitrogen and oxygen atoms in total. The molecule has 1 aliphatic rings. The molecule has 3 rings (SSSR count). The van der Waals surface area contributed by atoms with Gasteiger partial charge in [-0.3, -0.25) is 4.79 Å². The van der Waals surface area contributed by atoms with E-state index >= 15 is 0 Å². The van der Waals surface area contributed by atoms with Crippen LogP contribution in [0.15, 0.2) is 23.1 Å². The molecule has 2 aromatic rings. The van der Waals surface area contributed by atoms with Crippen LogP contribution in [-0.4, -0.2) is 23.1 Å². The van der Waals surface area contributed by atoms with E-state index in [2.05, 4.69) is 9.97 Å². The summed E-state index contributed by atoms with van der Waals surface area (Å²) in [5.74, 6) is -0.0760. The molecule has 0 aliphatic carbocycles. The van der Waals surface area contributed by atoms with E-state index in [1.54, 1.807) is 0 Å². The number of pyridine rings is 2. The van der Waals surface area contributed by atoms with Gasteiger partial charge < -0.3 is 9.88 Å². The Bertz CT molecular complexity index is 617. The summed E-state index contributed by atoms with van der Waals surface area (Å²) < 4.78 is 13.9. The molecule has 1 N–H and O–H groups in total. The van der Waals surface area contributed by atoms with Gasteiger partial charge in [-0.15, -0.1) is 0 Å². The van der Waals surface area contributed by atoms with Crippen molar-refractivity contribution in [3.63, 3.8) is 0 Å². The van der Waals surface area contributed by atoms with Crippen LogP contribution < -0.4 is 10.3 Å². The second-order valence-electron chi connectivity index (χ2n) is 4.23. The van der Waals surface area contributed by atoms with E-state index < -0.39 is 5.82 Å². The molecule has 0 unspecified atom stereocenters. The lowest BCUT2D eigenvalue weighted by molar-refractivity contribution is 0.618. The zero-order chi connectivity index (χ0) is 11.8. The summed E-state index contributed by atoms with van der Waals surface area (Å²) in [6.07, 6.45) is 3.65. The Kier molecular flexibility index (Phi) is 2.31. The van der Waals surface area contributed by atoms with Gasteiger partial charge in [-0.25, -0.2) is 9.37 Å². The Morgan fingerprint density at radius 3 is 2.88 bits per heavy atom. The predicted molar refractivity (Wildman–Crippen MR) is 63.8 cm³/mol. The van der Waals surface area contributed by atoms with Crippen LogP contribution in [0.25, 0.3) is 11.0 Å². The Balaban J connectivity index is 2.20. The molecule has 0 radical (unpaired) electrons. The first-order valence-corrected chi connectivity index (χ1v) is 5.68. The van der Waals surface area contributed by atoms with E-state index in [0.717, 1.165) is 25.9 Å². The summed E-state index contributed by atoms with van der Waals surface area (Å²) >= 11 is 0. The maximum absolute atomic E-state index is 13.9. The van der Waals surface area contributed by atoms with E-state index in [1.165, 1.54) is 18.3 Å². The quantitative estimate of drug-likeness (QED) is 0.815. The van der Waals surface area contributed by atoms with E-state index in [-0.39, 0.29) is 5.43 Å². The zero-order valence-corrected chi connectivity index (χ0v) is 9.24. The van der Waals surface area contributed by atoms with Gasteiger partial charge in [-0.05, 0) is 18.9 Å². The third kappa shape index (κ3) is 1.67. The topological polar surface area (TPSA) is 49.0 Å². The fourth-order valence-corrected chi connectivity index (χ4v) is 2.21. The fraction of sp³-hybridized carbons (Fsp3) is 0.333. The third-order valence-electron chi connectivity index (χ3n) is 3.08. The van der Waals surface area contributed by atoms with Crippen LogP contribution in [0.1, 0.15) is 12.8 Å². The number of aromatic nitrogens is 2. The molecule has 3 heterocycles. The van der Waals surface area contributed by atoms with Crippen molar-refractivity contribution in [1.82, 2.24) is 9.97 Å². The highest BCUT2D eigenvalue weighted by Gasteiger charge is 2.18. The molecule has 1 saturated heterocycles. The molecular weight excluding hydrogens is 221 g/mol. The molecule has 0 bridgehead atoms. The molecule has 2 aromatic heterocycles. The molecule has 88 valence electrons. The van der Waals surface area contributed by atoms with Crippen LogP contribution in [0.4, 0.5) is 10.2 Å². The Morgan fingerprint density at radius 1 is 1.35 bits per heavy atom. The number of hydrogen-bond acceptors (Lipinski definition) is 3. The van der Waals surface area contributed by atoms with Crippen molar-refractivity contribution >= 4 is 16.9 Å². The van der Waals surface area contributed by atoms with Crippen LogP contribution in [0.2, 0.25) is 0 Å². The SMILES string of the molecule is O=c1cc[nH]c2nc(N3CCCC3)c(F)cc12. The van der Waals surface area contributed by atoms with Gasteiger partial charge in [-0.1, -0.05) is 0 Å². The third-order valence-corrected chi connectivity index (χ3v) is 3.08. The normalized spacial score (nSPS) is 15.7. The number of halogens is 1. The number of rotatable bonds is 1. The molecule has 0 aromatic carbocycles. The lowest BCUT2D eigenvalue weighted by atomic mass is 10.2.